The zero-order valence-corrected chi connectivity index (χ0v) is 11.0. The number of nitrogens with one attached hydrogen (secondary N) is 1. The highest BCUT2D eigenvalue weighted by Crippen LogP contribution is 2.09. The second-order valence-electron chi connectivity index (χ2n) is 4.42. The van der Waals surface area contributed by atoms with Gasteiger partial charge in [0, 0.05) is 12.1 Å². The van der Waals surface area contributed by atoms with Gasteiger partial charge in [-0.3, -0.25) is 0 Å². The summed E-state index contributed by atoms with van der Waals surface area (Å²) in [6.07, 6.45) is 2.29. The normalized spacial score (nSPS) is 11.5. The molecule has 96 valence electrons. The molecule has 0 radical (unpaired) electrons. The smallest absolute Gasteiger partial charge is 0.332 e. The first kappa shape index (κ1) is 15.4. The van der Waals surface area contributed by atoms with Crippen LogP contribution in [0.5, 0.6) is 0 Å². The number of hydrogen-bond acceptors (Lipinski definition) is 4. The highest BCUT2D eigenvalue weighted by Gasteiger charge is 2.14. The molecule has 0 rings (SSSR count). The average molecular weight is 231 g/mol. The Morgan fingerprint density at radius 3 is 2.56 bits per heavy atom. The molecule has 1 N–H and O–H groups in total. The van der Waals surface area contributed by atoms with E-state index in [4.69, 9.17) is 9.47 Å². The van der Waals surface area contributed by atoms with Crippen molar-refractivity contribution in [3.05, 3.63) is 0 Å². The molecule has 0 aromatic carbocycles. The van der Waals surface area contributed by atoms with Gasteiger partial charge in [0.15, 0.2) is 0 Å². The Labute approximate surface area is 98.7 Å². The minimum atomic E-state index is -0.296. The Kier molecular flexibility index (Phi) is 8.21. The molecule has 0 fully saturated rings. The van der Waals surface area contributed by atoms with E-state index in [2.05, 4.69) is 26.1 Å². The van der Waals surface area contributed by atoms with Crippen molar-refractivity contribution in [1.29, 1.82) is 0 Å². The van der Waals surface area contributed by atoms with E-state index in [9.17, 15) is 4.79 Å². The Bertz CT molecular complexity index is 193. The Hall–Kier alpha value is -0.610. The van der Waals surface area contributed by atoms with Gasteiger partial charge in [-0.15, -0.1) is 0 Å². The van der Waals surface area contributed by atoms with Gasteiger partial charge in [-0.1, -0.05) is 13.3 Å². The van der Waals surface area contributed by atoms with Crippen molar-refractivity contribution in [3.63, 3.8) is 0 Å². The Morgan fingerprint density at radius 1 is 1.31 bits per heavy atom. The molecule has 0 aliphatic rings. The fourth-order valence-corrected chi connectivity index (χ4v) is 1.53. The molecule has 0 aliphatic heterocycles. The van der Waals surface area contributed by atoms with Gasteiger partial charge in [-0.05, 0) is 27.2 Å². The third-order valence-electron chi connectivity index (χ3n) is 2.25. The molecule has 0 spiro atoms. The third-order valence-corrected chi connectivity index (χ3v) is 2.25. The molecule has 4 nitrogen and oxygen atoms in total. The predicted octanol–water partition coefficient (Wildman–Crippen LogP) is 1.73. The Balaban J connectivity index is 3.42. The standard InChI is InChI=1S/C12H25NO3/c1-5-7-12(3,4)13-8-9-15-10-11(14)16-6-2/h13H,5-10H2,1-4H3. The van der Waals surface area contributed by atoms with Crippen LogP contribution in [0.1, 0.15) is 40.5 Å². The second kappa shape index (κ2) is 8.53. The van der Waals surface area contributed by atoms with Gasteiger partial charge in [0.25, 0.3) is 0 Å². The molecule has 0 aromatic rings. The van der Waals surface area contributed by atoms with E-state index in [-0.39, 0.29) is 18.1 Å². The summed E-state index contributed by atoms with van der Waals surface area (Å²) in [7, 11) is 0. The van der Waals surface area contributed by atoms with Gasteiger partial charge in [-0.2, -0.15) is 0 Å². The van der Waals surface area contributed by atoms with Gasteiger partial charge < -0.3 is 14.8 Å². The number of carbonyl (C=O) groups is 1. The Morgan fingerprint density at radius 2 is 2.00 bits per heavy atom. The lowest BCUT2D eigenvalue weighted by Crippen LogP contribution is -2.41. The minimum Gasteiger partial charge on any atom is -0.464 e. The van der Waals surface area contributed by atoms with E-state index in [1.165, 1.54) is 0 Å². The maximum atomic E-state index is 10.9. The molecule has 0 bridgehead atoms. The van der Waals surface area contributed by atoms with Crippen molar-refractivity contribution in [1.82, 2.24) is 5.32 Å². The summed E-state index contributed by atoms with van der Waals surface area (Å²) >= 11 is 0. The van der Waals surface area contributed by atoms with E-state index in [0.717, 1.165) is 19.4 Å². The monoisotopic (exact) mass is 231 g/mol. The van der Waals surface area contributed by atoms with E-state index in [1.54, 1.807) is 6.92 Å². The molecule has 0 heterocycles. The summed E-state index contributed by atoms with van der Waals surface area (Å²) in [5, 5.41) is 3.39. The van der Waals surface area contributed by atoms with E-state index in [0.29, 0.717) is 13.2 Å². The van der Waals surface area contributed by atoms with Gasteiger partial charge in [-0.25, -0.2) is 4.79 Å². The highest BCUT2D eigenvalue weighted by molar-refractivity contribution is 5.70. The first-order valence-electron chi connectivity index (χ1n) is 6.00. The molecular weight excluding hydrogens is 206 g/mol. The summed E-state index contributed by atoms with van der Waals surface area (Å²) < 4.78 is 9.93. The zero-order chi connectivity index (χ0) is 12.4. The van der Waals surface area contributed by atoms with Crippen molar-refractivity contribution in [2.24, 2.45) is 0 Å². The first-order valence-corrected chi connectivity index (χ1v) is 6.00. The minimum absolute atomic E-state index is 0.0454. The van der Waals surface area contributed by atoms with Gasteiger partial charge in [0.05, 0.1) is 13.2 Å². The number of esters is 1. The topological polar surface area (TPSA) is 47.6 Å². The lowest BCUT2D eigenvalue weighted by atomic mass is 9.99. The molecule has 0 atom stereocenters. The van der Waals surface area contributed by atoms with E-state index in [1.807, 2.05) is 0 Å². The van der Waals surface area contributed by atoms with Gasteiger partial charge >= 0.3 is 5.97 Å². The third kappa shape index (κ3) is 8.68. The number of ether oxygens (including phenoxy) is 2. The maximum absolute atomic E-state index is 10.9. The highest BCUT2D eigenvalue weighted by atomic mass is 16.6. The summed E-state index contributed by atoms with van der Waals surface area (Å²) in [6.45, 7) is 10.0. The summed E-state index contributed by atoms with van der Waals surface area (Å²) in [5.74, 6) is -0.296. The number of rotatable bonds is 9. The lowest BCUT2D eigenvalue weighted by Gasteiger charge is -2.25. The zero-order valence-electron chi connectivity index (χ0n) is 11.0. The molecule has 0 aliphatic carbocycles. The molecule has 0 unspecified atom stereocenters. The maximum Gasteiger partial charge on any atom is 0.332 e. The van der Waals surface area contributed by atoms with Crippen LogP contribution >= 0.6 is 0 Å². The summed E-state index contributed by atoms with van der Waals surface area (Å²) in [6, 6.07) is 0. The van der Waals surface area contributed by atoms with Crippen LogP contribution in [0.4, 0.5) is 0 Å². The molecule has 0 aromatic heterocycles. The molecule has 0 saturated carbocycles. The van der Waals surface area contributed by atoms with Crippen LogP contribution in [0.15, 0.2) is 0 Å². The van der Waals surface area contributed by atoms with Crippen molar-refractivity contribution in [2.45, 2.75) is 46.1 Å². The van der Waals surface area contributed by atoms with Gasteiger partial charge in [0.1, 0.15) is 6.61 Å². The quantitative estimate of drug-likeness (QED) is 0.485. The van der Waals surface area contributed by atoms with Crippen LogP contribution in [0, 0.1) is 0 Å². The van der Waals surface area contributed by atoms with Crippen LogP contribution in [-0.2, 0) is 14.3 Å². The van der Waals surface area contributed by atoms with Crippen LogP contribution in [-0.4, -0.2) is 37.9 Å². The molecule has 0 saturated heterocycles. The number of hydrogen-bond donors (Lipinski definition) is 1. The molecular formula is C12H25NO3. The molecule has 0 amide bonds. The fraction of sp³-hybridized carbons (Fsp3) is 0.917. The van der Waals surface area contributed by atoms with Crippen LogP contribution in [0.3, 0.4) is 0 Å². The number of carbonyl (C=O) groups excluding carboxylic acids is 1. The molecule has 4 heteroatoms. The van der Waals surface area contributed by atoms with Crippen molar-refractivity contribution < 1.29 is 14.3 Å². The summed E-state index contributed by atoms with van der Waals surface area (Å²) in [4.78, 5) is 10.9. The van der Waals surface area contributed by atoms with Crippen molar-refractivity contribution in [2.75, 3.05) is 26.4 Å². The lowest BCUT2D eigenvalue weighted by molar-refractivity contribution is -0.148. The molecule has 16 heavy (non-hydrogen) atoms. The second-order valence-corrected chi connectivity index (χ2v) is 4.42. The fourth-order valence-electron chi connectivity index (χ4n) is 1.53. The van der Waals surface area contributed by atoms with E-state index < -0.39 is 0 Å². The van der Waals surface area contributed by atoms with Crippen LogP contribution < -0.4 is 5.32 Å². The van der Waals surface area contributed by atoms with Crippen LogP contribution in [0.25, 0.3) is 0 Å². The van der Waals surface area contributed by atoms with Crippen molar-refractivity contribution in [3.8, 4) is 0 Å². The average Bonchev–Trinajstić information content (AvgIpc) is 2.17. The van der Waals surface area contributed by atoms with Crippen molar-refractivity contribution >= 4 is 5.97 Å². The predicted molar refractivity (Wildman–Crippen MR) is 64.4 cm³/mol. The van der Waals surface area contributed by atoms with Gasteiger partial charge in [0.2, 0.25) is 0 Å². The first-order chi connectivity index (χ1) is 7.52. The van der Waals surface area contributed by atoms with E-state index >= 15 is 0 Å². The largest absolute Gasteiger partial charge is 0.464 e. The SMILES string of the molecule is CCCC(C)(C)NCCOCC(=O)OCC. The summed E-state index contributed by atoms with van der Waals surface area (Å²) in [5.41, 5.74) is 0.141. The van der Waals surface area contributed by atoms with Crippen LogP contribution in [0.2, 0.25) is 0 Å².